The van der Waals surface area contributed by atoms with Gasteiger partial charge in [-0.15, -0.1) is 0 Å². The van der Waals surface area contributed by atoms with Gasteiger partial charge < -0.3 is 5.11 Å². The van der Waals surface area contributed by atoms with Crippen molar-refractivity contribution in [3.63, 3.8) is 0 Å². The van der Waals surface area contributed by atoms with Crippen LogP contribution in [0.25, 0.3) is 0 Å². The standard InChI is InChI=1S/C9H6Cl2O2/c10-6-1-2-7(8(11)5-6)9(13)3-4-12/h1-5,12H. The Hall–Kier alpha value is -0.990. The number of allylic oxidation sites excluding steroid dienone is 1. The third-order valence-electron chi connectivity index (χ3n) is 1.42. The Balaban J connectivity index is 3.09. The van der Waals surface area contributed by atoms with Crippen molar-refractivity contribution in [3.05, 3.63) is 46.1 Å². The van der Waals surface area contributed by atoms with Crippen LogP contribution < -0.4 is 0 Å². The Morgan fingerprint density at radius 1 is 1.38 bits per heavy atom. The van der Waals surface area contributed by atoms with Gasteiger partial charge in [-0.1, -0.05) is 23.2 Å². The van der Waals surface area contributed by atoms with Gasteiger partial charge in [-0.2, -0.15) is 0 Å². The molecule has 0 aliphatic rings. The molecule has 0 atom stereocenters. The van der Waals surface area contributed by atoms with Crippen LogP contribution in [0.3, 0.4) is 0 Å². The minimum absolute atomic E-state index is 0.274. The lowest BCUT2D eigenvalue weighted by Gasteiger charge is -1.99. The first-order valence-electron chi connectivity index (χ1n) is 3.45. The van der Waals surface area contributed by atoms with Crippen molar-refractivity contribution in [2.75, 3.05) is 0 Å². The minimum atomic E-state index is -0.357. The Labute approximate surface area is 85.4 Å². The maximum atomic E-state index is 11.2. The van der Waals surface area contributed by atoms with E-state index < -0.39 is 0 Å². The number of aliphatic hydroxyl groups is 1. The maximum Gasteiger partial charge on any atom is 0.190 e. The van der Waals surface area contributed by atoms with E-state index in [4.69, 9.17) is 28.3 Å². The van der Waals surface area contributed by atoms with Crippen molar-refractivity contribution in [1.82, 2.24) is 0 Å². The third-order valence-corrected chi connectivity index (χ3v) is 1.97. The Kier molecular flexibility index (Phi) is 3.34. The zero-order valence-electron chi connectivity index (χ0n) is 6.50. The molecule has 0 saturated carbocycles. The normalized spacial score (nSPS) is 10.6. The first kappa shape index (κ1) is 10.1. The molecule has 13 heavy (non-hydrogen) atoms. The van der Waals surface area contributed by atoms with Crippen molar-refractivity contribution in [2.45, 2.75) is 0 Å². The van der Waals surface area contributed by atoms with Crippen LogP contribution in [-0.4, -0.2) is 10.9 Å². The first-order chi connectivity index (χ1) is 6.15. The molecular formula is C9H6Cl2O2. The molecule has 0 fully saturated rings. The maximum absolute atomic E-state index is 11.2. The lowest BCUT2D eigenvalue weighted by Crippen LogP contribution is -1.94. The van der Waals surface area contributed by atoms with Gasteiger partial charge in [0.1, 0.15) is 0 Å². The van der Waals surface area contributed by atoms with E-state index in [0.717, 1.165) is 6.08 Å². The largest absolute Gasteiger partial charge is 0.515 e. The minimum Gasteiger partial charge on any atom is -0.515 e. The molecule has 1 aromatic rings. The highest BCUT2D eigenvalue weighted by Gasteiger charge is 2.07. The molecule has 4 heteroatoms. The van der Waals surface area contributed by atoms with Crippen LogP contribution in [0.15, 0.2) is 30.5 Å². The van der Waals surface area contributed by atoms with Gasteiger partial charge in [0.2, 0.25) is 0 Å². The van der Waals surface area contributed by atoms with Gasteiger partial charge in [-0.25, -0.2) is 0 Å². The first-order valence-corrected chi connectivity index (χ1v) is 4.21. The molecule has 1 N–H and O–H groups in total. The highest BCUT2D eigenvalue weighted by Crippen LogP contribution is 2.21. The summed E-state index contributed by atoms with van der Waals surface area (Å²) in [7, 11) is 0. The van der Waals surface area contributed by atoms with Crippen LogP contribution in [0.2, 0.25) is 10.0 Å². The summed E-state index contributed by atoms with van der Waals surface area (Å²) in [5, 5.41) is 9.11. The number of carbonyl (C=O) groups is 1. The summed E-state index contributed by atoms with van der Waals surface area (Å²) in [6.45, 7) is 0. The zero-order valence-corrected chi connectivity index (χ0v) is 8.01. The van der Waals surface area contributed by atoms with Crippen LogP contribution in [0, 0.1) is 0 Å². The molecule has 68 valence electrons. The molecular weight excluding hydrogens is 211 g/mol. The van der Waals surface area contributed by atoms with E-state index in [0.29, 0.717) is 16.8 Å². The summed E-state index contributed by atoms with van der Waals surface area (Å²) in [6.07, 6.45) is 1.70. The predicted octanol–water partition coefficient (Wildman–Crippen LogP) is 3.25. The summed E-state index contributed by atoms with van der Waals surface area (Å²) < 4.78 is 0. The van der Waals surface area contributed by atoms with Crippen molar-refractivity contribution < 1.29 is 9.90 Å². The summed E-state index contributed by atoms with van der Waals surface area (Å²) >= 11 is 11.4. The monoisotopic (exact) mass is 216 g/mol. The number of halogens is 2. The molecule has 0 spiro atoms. The molecule has 0 aromatic heterocycles. The molecule has 0 heterocycles. The van der Waals surface area contributed by atoms with Gasteiger partial charge in [0.15, 0.2) is 5.78 Å². The average molecular weight is 217 g/mol. The number of hydrogen-bond acceptors (Lipinski definition) is 2. The van der Waals surface area contributed by atoms with Gasteiger partial charge in [-0.05, 0) is 18.2 Å². The van der Waals surface area contributed by atoms with Crippen LogP contribution in [0.4, 0.5) is 0 Å². The Morgan fingerprint density at radius 2 is 2.08 bits per heavy atom. The van der Waals surface area contributed by atoms with E-state index in [1.54, 1.807) is 6.07 Å². The van der Waals surface area contributed by atoms with E-state index in [1.807, 2.05) is 0 Å². The molecule has 0 radical (unpaired) electrons. The highest BCUT2D eigenvalue weighted by molar-refractivity contribution is 6.37. The fourth-order valence-electron chi connectivity index (χ4n) is 0.847. The Morgan fingerprint density at radius 3 is 2.62 bits per heavy atom. The number of benzene rings is 1. The van der Waals surface area contributed by atoms with E-state index in [-0.39, 0.29) is 10.8 Å². The van der Waals surface area contributed by atoms with Gasteiger partial charge in [-0.3, -0.25) is 4.79 Å². The molecule has 0 saturated heterocycles. The second-order valence-electron chi connectivity index (χ2n) is 2.30. The van der Waals surface area contributed by atoms with Crippen LogP contribution >= 0.6 is 23.2 Å². The second-order valence-corrected chi connectivity index (χ2v) is 3.15. The van der Waals surface area contributed by atoms with E-state index in [1.165, 1.54) is 12.1 Å². The van der Waals surface area contributed by atoms with E-state index in [2.05, 4.69) is 0 Å². The third kappa shape index (κ3) is 2.47. The zero-order chi connectivity index (χ0) is 9.84. The van der Waals surface area contributed by atoms with Crippen molar-refractivity contribution >= 4 is 29.0 Å². The molecule has 0 aliphatic carbocycles. The summed E-state index contributed by atoms with van der Waals surface area (Å²) in [5.74, 6) is -0.357. The lowest BCUT2D eigenvalue weighted by molar-refractivity contribution is 0.104. The average Bonchev–Trinajstić information content (AvgIpc) is 2.04. The molecule has 1 aromatic carbocycles. The summed E-state index contributed by atoms with van der Waals surface area (Å²) in [5.41, 5.74) is 0.316. The van der Waals surface area contributed by atoms with Gasteiger partial charge >= 0.3 is 0 Å². The fourth-order valence-corrected chi connectivity index (χ4v) is 1.35. The smallest absolute Gasteiger partial charge is 0.190 e. The number of ketones is 1. The SMILES string of the molecule is O=C(C=CO)c1ccc(Cl)cc1Cl. The molecule has 0 aliphatic heterocycles. The number of hydrogen-bond donors (Lipinski definition) is 1. The summed E-state index contributed by atoms with van der Waals surface area (Å²) in [4.78, 5) is 11.2. The number of rotatable bonds is 2. The highest BCUT2D eigenvalue weighted by atomic mass is 35.5. The Bertz CT molecular complexity index is 359. The second kappa shape index (κ2) is 4.30. The molecule has 0 unspecified atom stereocenters. The lowest BCUT2D eigenvalue weighted by atomic mass is 10.1. The van der Waals surface area contributed by atoms with Crippen molar-refractivity contribution in [1.29, 1.82) is 0 Å². The van der Waals surface area contributed by atoms with E-state index >= 15 is 0 Å². The number of carbonyl (C=O) groups excluding carboxylic acids is 1. The van der Waals surface area contributed by atoms with Gasteiger partial charge in [0, 0.05) is 16.7 Å². The molecule has 0 amide bonds. The fraction of sp³-hybridized carbons (Fsp3) is 0. The summed E-state index contributed by atoms with van der Waals surface area (Å²) in [6, 6.07) is 4.54. The topological polar surface area (TPSA) is 37.3 Å². The quantitative estimate of drug-likeness (QED) is 0.469. The van der Waals surface area contributed by atoms with Crippen LogP contribution in [-0.2, 0) is 0 Å². The van der Waals surface area contributed by atoms with Crippen molar-refractivity contribution in [2.24, 2.45) is 0 Å². The molecule has 0 bridgehead atoms. The van der Waals surface area contributed by atoms with Crippen LogP contribution in [0.1, 0.15) is 10.4 Å². The van der Waals surface area contributed by atoms with Gasteiger partial charge in [0.05, 0.1) is 11.3 Å². The number of aliphatic hydroxyl groups excluding tert-OH is 1. The molecule has 1 rings (SSSR count). The van der Waals surface area contributed by atoms with E-state index in [9.17, 15) is 4.79 Å². The molecule has 2 nitrogen and oxygen atoms in total. The van der Waals surface area contributed by atoms with Crippen LogP contribution in [0.5, 0.6) is 0 Å². The van der Waals surface area contributed by atoms with Crippen molar-refractivity contribution in [3.8, 4) is 0 Å². The van der Waals surface area contributed by atoms with Gasteiger partial charge in [0.25, 0.3) is 0 Å². The predicted molar refractivity (Wildman–Crippen MR) is 52.6 cm³/mol.